The van der Waals surface area contributed by atoms with Crippen LogP contribution in [0, 0.1) is 18.8 Å². The Morgan fingerprint density at radius 3 is 2.39 bits per heavy atom. The number of likely N-dealkylation sites (tertiary alicyclic amines) is 1. The molecule has 12 heteroatoms. The molecule has 1 saturated carbocycles. The van der Waals surface area contributed by atoms with E-state index >= 15 is 0 Å². The number of aliphatic imine (C=N–C) groups is 2. The molecule has 1 saturated heterocycles. The van der Waals surface area contributed by atoms with Gasteiger partial charge in [-0.3, -0.25) is 14.5 Å². The Kier molecular flexibility index (Phi) is 10.7. The van der Waals surface area contributed by atoms with Gasteiger partial charge in [0.2, 0.25) is 10.0 Å². The number of aryl methyl sites for hydroxylation is 1. The predicted octanol–water partition coefficient (Wildman–Crippen LogP) is 6.18. The molecule has 5 rings (SSSR count). The van der Waals surface area contributed by atoms with Crippen LogP contribution >= 0.6 is 0 Å². The fraction of sp³-hybridized carbons (Fsp3) is 0.432. The second kappa shape index (κ2) is 14.6. The third kappa shape index (κ3) is 9.18. The first kappa shape index (κ1) is 35.9. The first-order chi connectivity index (χ1) is 23.1. The van der Waals surface area contributed by atoms with E-state index in [1.165, 1.54) is 32.7 Å². The molecule has 0 spiro atoms. The number of methoxy groups -OCH3 is 1. The number of allylic oxidation sites excluding steroid dienone is 2. The maximum Gasteiger partial charge on any atom is 0.255 e. The van der Waals surface area contributed by atoms with Gasteiger partial charge in [-0.25, -0.2) is 13.4 Å². The molecule has 0 atom stereocenters. The van der Waals surface area contributed by atoms with Crippen molar-refractivity contribution in [3.63, 3.8) is 0 Å². The maximum absolute atomic E-state index is 13.7. The number of sulfonamides is 1. The number of hydrogen-bond acceptors (Lipinski definition) is 9. The predicted molar refractivity (Wildman–Crippen MR) is 200 cm³/mol. The monoisotopic (exact) mass is 687 g/mol. The number of ether oxygens (including phenoxy) is 1. The van der Waals surface area contributed by atoms with Gasteiger partial charge in [0, 0.05) is 35.6 Å². The lowest BCUT2D eigenvalue weighted by Gasteiger charge is -2.32. The van der Waals surface area contributed by atoms with Gasteiger partial charge >= 0.3 is 0 Å². The Bertz CT molecular complexity index is 1840. The van der Waals surface area contributed by atoms with Crippen LogP contribution in [0.2, 0.25) is 0 Å². The number of benzene rings is 2. The summed E-state index contributed by atoms with van der Waals surface area (Å²) in [6.07, 6.45) is 11.3. The van der Waals surface area contributed by atoms with Crippen LogP contribution in [0.1, 0.15) is 67.9 Å². The van der Waals surface area contributed by atoms with Crippen molar-refractivity contribution in [3.8, 4) is 5.75 Å². The van der Waals surface area contributed by atoms with Crippen LogP contribution in [0.3, 0.4) is 0 Å². The zero-order valence-corrected chi connectivity index (χ0v) is 30.2. The second-order valence-corrected chi connectivity index (χ2v) is 15.9. The topological polar surface area (TPSA) is 151 Å². The lowest BCUT2D eigenvalue weighted by Crippen LogP contribution is -2.37. The minimum atomic E-state index is -3.62. The molecule has 0 radical (unpaired) electrons. The summed E-state index contributed by atoms with van der Waals surface area (Å²) in [4.78, 5) is 25.7. The fourth-order valence-electron chi connectivity index (χ4n) is 6.12. The average molecular weight is 688 g/mol. The van der Waals surface area contributed by atoms with E-state index in [4.69, 9.17) is 15.5 Å². The van der Waals surface area contributed by atoms with E-state index in [-0.39, 0.29) is 16.9 Å². The number of nitrogens with one attached hydrogen (secondary N) is 3. The zero-order valence-electron chi connectivity index (χ0n) is 29.4. The molecule has 49 heavy (non-hydrogen) atoms. The van der Waals surface area contributed by atoms with E-state index in [1.807, 2.05) is 45.9 Å². The molecular weight excluding hydrogens is 639 g/mol. The van der Waals surface area contributed by atoms with E-state index in [9.17, 15) is 13.2 Å². The number of carbonyl (C=O) groups is 1. The molecule has 11 nitrogen and oxygen atoms in total. The molecule has 2 heterocycles. The van der Waals surface area contributed by atoms with Crippen molar-refractivity contribution in [2.45, 2.75) is 58.8 Å². The number of anilines is 3. The van der Waals surface area contributed by atoms with Crippen LogP contribution < -0.4 is 25.8 Å². The third-order valence-electron chi connectivity index (χ3n) is 9.07. The summed E-state index contributed by atoms with van der Waals surface area (Å²) >= 11 is 0. The number of carbonyl (C=O) groups excluding carboxylic acids is 1. The molecule has 1 aliphatic carbocycles. The van der Waals surface area contributed by atoms with Gasteiger partial charge in [-0.2, -0.15) is 0 Å². The van der Waals surface area contributed by atoms with Gasteiger partial charge in [-0.05, 0) is 105 Å². The highest BCUT2D eigenvalue weighted by atomic mass is 32.2. The molecular formula is C37H49N7O4S. The highest BCUT2D eigenvalue weighted by molar-refractivity contribution is 7.92. The van der Waals surface area contributed by atoms with Gasteiger partial charge in [0.25, 0.3) is 5.91 Å². The maximum atomic E-state index is 13.7. The molecule has 2 aromatic rings. The summed E-state index contributed by atoms with van der Waals surface area (Å²) in [5.74, 6) is 1.33. The minimum absolute atomic E-state index is 0.202. The van der Waals surface area contributed by atoms with Crippen molar-refractivity contribution in [1.29, 1.82) is 0 Å². The van der Waals surface area contributed by atoms with Gasteiger partial charge in [-0.1, -0.05) is 33.4 Å². The smallest absolute Gasteiger partial charge is 0.255 e. The summed E-state index contributed by atoms with van der Waals surface area (Å²) in [5, 5.41) is 6.21. The first-order valence-corrected chi connectivity index (χ1v) is 18.6. The molecule has 2 fully saturated rings. The van der Waals surface area contributed by atoms with Crippen LogP contribution in [-0.4, -0.2) is 63.6 Å². The van der Waals surface area contributed by atoms with Crippen molar-refractivity contribution in [3.05, 3.63) is 83.5 Å². The number of rotatable bonds is 11. The molecule has 0 unspecified atom stereocenters. The van der Waals surface area contributed by atoms with Crippen molar-refractivity contribution in [2.24, 2.45) is 27.6 Å². The largest absolute Gasteiger partial charge is 0.492 e. The van der Waals surface area contributed by atoms with E-state index in [1.54, 1.807) is 24.3 Å². The molecule has 3 aliphatic rings. The fourth-order valence-corrected chi connectivity index (χ4v) is 6.67. The number of piperidine rings is 1. The zero-order chi connectivity index (χ0) is 35.5. The van der Waals surface area contributed by atoms with Crippen molar-refractivity contribution >= 4 is 44.4 Å². The van der Waals surface area contributed by atoms with Gasteiger partial charge < -0.3 is 26.0 Å². The lowest BCUT2D eigenvalue weighted by atomic mass is 9.86. The van der Waals surface area contributed by atoms with E-state index in [0.29, 0.717) is 40.1 Å². The Labute approximate surface area is 290 Å². The molecule has 0 bridgehead atoms. The highest BCUT2D eigenvalue weighted by Gasteiger charge is 2.29. The standard InChI is InChI=1S/C37H49N7O4S/c1-8-39-29-14-13-28(25-15-17-44(18-16-25)22-24-10-11-24)40-33(29)35(38)41-30-19-26(12-9-23(30)2)36(45)42-31-20-27(37(3,4)5)21-32(34(31)48-6)43-49(7,46)47/h8-9,12-14,19-21,24-25,41,43H,1,10-11,15-18,22,38H2,2-7H3,(H,42,45)/b35-33-,39-29-. The number of nitrogens with zero attached hydrogens (tertiary/aromatic N) is 3. The lowest BCUT2D eigenvalue weighted by molar-refractivity contribution is 0.102. The van der Waals surface area contributed by atoms with Crippen LogP contribution in [-0.2, 0) is 15.4 Å². The number of nitrogens with two attached hydrogens (primary N) is 1. The van der Waals surface area contributed by atoms with E-state index in [2.05, 4.69) is 31.8 Å². The van der Waals surface area contributed by atoms with Crippen LogP contribution in [0.15, 0.2) is 76.8 Å². The Balaban J connectivity index is 1.40. The molecule has 5 N–H and O–H groups in total. The third-order valence-corrected chi connectivity index (χ3v) is 9.66. The summed E-state index contributed by atoms with van der Waals surface area (Å²) < 4.78 is 32.4. The van der Waals surface area contributed by atoms with Crippen LogP contribution in [0.5, 0.6) is 5.75 Å². The summed E-state index contributed by atoms with van der Waals surface area (Å²) in [5.41, 5.74) is 11.7. The van der Waals surface area contributed by atoms with Gasteiger partial charge in [-0.15, -0.1) is 0 Å². The van der Waals surface area contributed by atoms with E-state index in [0.717, 1.165) is 54.9 Å². The molecule has 0 aromatic heterocycles. The van der Waals surface area contributed by atoms with Crippen LogP contribution in [0.4, 0.5) is 17.1 Å². The Morgan fingerprint density at radius 1 is 1.08 bits per heavy atom. The van der Waals surface area contributed by atoms with Gasteiger partial charge in [0.1, 0.15) is 11.5 Å². The summed E-state index contributed by atoms with van der Waals surface area (Å²) in [6, 6.07) is 8.78. The Morgan fingerprint density at radius 2 is 1.78 bits per heavy atom. The van der Waals surface area contributed by atoms with Gasteiger partial charge in [0.05, 0.1) is 30.5 Å². The average Bonchev–Trinajstić information content (AvgIpc) is 3.85. The number of dihydropyridines is 1. The van der Waals surface area contributed by atoms with E-state index < -0.39 is 15.9 Å². The minimum Gasteiger partial charge on any atom is -0.492 e. The van der Waals surface area contributed by atoms with Crippen molar-refractivity contribution in [1.82, 2.24) is 4.90 Å². The normalized spacial score (nSPS) is 19.3. The first-order valence-electron chi connectivity index (χ1n) is 16.7. The quantitative estimate of drug-likeness (QED) is 0.220. The molecule has 262 valence electrons. The van der Waals surface area contributed by atoms with Crippen molar-refractivity contribution < 1.29 is 17.9 Å². The van der Waals surface area contributed by atoms with Gasteiger partial charge in [0.15, 0.2) is 5.75 Å². The van der Waals surface area contributed by atoms with Crippen LogP contribution in [0.25, 0.3) is 0 Å². The molecule has 2 aromatic carbocycles. The summed E-state index contributed by atoms with van der Waals surface area (Å²) in [7, 11) is -2.19. The highest BCUT2D eigenvalue weighted by Crippen LogP contribution is 2.39. The molecule has 2 aliphatic heterocycles. The summed E-state index contributed by atoms with van der Waals surface area (Å²) in [6.45, 7) is 15.0. The number of amides is 1. The van der Waals surface area contributed by atoms with Crippen molar-refractivity contribution in [2.75, 3.05) is 48.4 Å². The Hall–Kier alpha value is -4.42. The second-order valence-electron chi connectivity index (χ2n) is 14.2. The number of hydrogen-bond donors (Lipinski definition) is 4. The SMILES string of the molecule is C=C/N=C1/C=CC(C2CCN(CC3CC3)CC2)=N/C1=C(/N)Nc1cc(C(=O)Nc2cc(C(C)(C)C)cc(NS(C)(=O)=O)c2OC)ccc1C. The molecule has 1 amide bonds.